The quantitative estimate of drug-likeness (QED) is 0.328. The molecule has 3 aromatic rings. The van der Waals surface area contributed by atoms with E-state index in [-0.39, 0.29) is 28.4 Å². The van der Waals surface area contributed by atoms with Crippen molar-refractivity contribution in [2.24, 2.45) is 4.99 Å². The van der Waals surface area contributed by atoms with Crippen LogP contribution in [0, 0.1) is 0 Å². The van der Waals surface area contributed by atoms with Gasteiger partial charge in [0.25, 0.3) is 5.91 Å². The fourth-order valence-electron chi connectivity index (χ4n) is 3.77. The molecular formula is C26H31N3O7S2. The van der Waals surface area contributed by atoms with Gasteiger partial charge in [0, 0.05) is 18.7 Å². The first kappa shape index (κ1) is 29.2. The molecule has 0 saturated carbocycles. The third kappa shape index (κ3) is 6.55. The van der Waals surface area contributed by atoms with Gasteiger partial charge in [0.1, 0.15) is 6.54 Å². The molecular weight excluding hydrogens is 530 g/mol. The second-order valence-electron chi connectivity index (χ2n) is 8.30. The number of rotatable bonds is 11. The van der Waals surface area contributed by atoms with E-state index in [2.05, 4.69) is 4.99 Å². The zero-order valence-corrected chi connectivity index (χ0v) is 23.4. The molecule has 204 valence electrons. The van der Waals surface area contributed by atoms with E-state index < -0.39 is 27.9 Å². The lowest BCUT2D eigenvalue weighted by molar-refractivity contribution is -0.141. The number of sulfonamides is 1. The monoisotopic (exact) mass is 561 g/mol. The molecule has 2 aromatic carbocycles. The molecule has 0 radical (unpaired) electrons. The van der Waals surface area contributed by atoms with Crippen LogP contribution in [0.3, 0.4) is 0 Å². The van der Waals surface area contributed by atoms with Gasteiger partial charge in [-0.3, -0.25) is 9.59 Å². The Morgan fingerprint density at radius 3 is 2.18 bits per heavy atom. The lowest BCUT2D eigenvalue weighted by Gasteiger charge is -2.21. The Morgan fingerprint density at radius 2 is 1.61 bits per heavy atom. The normalized spacial score (nSPS) is 12.2. The Kier molecular flexibility index (Phi) is 9.95. The van der Waals surface area contributed by atoms with Crippen LogP contribution in [0.5, 0.6) is 0 Å². The molecule has 0 aliphatic rings. The summed E-state index contributed by atoms with van der Waals surface area (Å²) in [7, 11) is -2.42. The zero-order chi connectivity index (χ0) is 27.9. The van der Waals surface area contributed by atoms with Crippen LogP contribution >= 0.6 is 11.3 Å². The van der Waals surface area contributed by atoms with Gasteiger partial charge in [-0.05, 0) is 62.2 Å². The van der Waals surface area contributed by atoms with Gasteiger partial charge in [-0.15, -0.1) is 0 Å². The number of nitrogens with zero attached hydrogens (tertiary/aromatic N) is 3. The zero-order valence-electron chi connectivity index (χ0n) is 21.8. The van der Waals surface area contributed by atoms with Crippen LogP contribution in [0.15, 0.2) is 52.4 Å². The van der Waals surface area contributed by atoms with Gasteiger partial charge in [-0.1, -0.05) is 25.2 Å². The van der Waals surface area contributed by atoms with Crippen LogP contribution < -0.4 is 4.80 Å². The van der Waals surface area contributed by atoms with Crippen molar-refractivity contribution in [3.63, 3.8) is 0 Å². The number of methoxy groups -OCH3 is 1. The minimum absolute atomic E-state index is 0.102. The number of benzene rings is 2. The average molecular weight is 562 g/mol. The largest absolute Gasteiger partial charge is 0.468 e. The molecule has 3 rings (SSSR count). The first-order valence-electron chi connectivity index (χ1n) is 12.2. The molecule has 10 nitrogen and oxygen atoms in total. The first-order valence-corrected chi connectivity index (χ1v) is 14.5. The number of ether oxygens (including phenoxy) is 2. The predicted octanol–water partition coefficient (Wildman–Crippen LogP) is 3.60. The van der Waals surface area contributed by atoms with E-state index in [0.717, 1.165) is 11.3 Å². The van der Waals surface area contributed by atoms with Crippen molar-refractivity contribution in [1.82, 2.24) is 8.87 Å². The van der Waals surface area contributed by atoms with Gasteiger partial charge in [-0.25, -0.2) is 13.2 Å². The third-order valence-corrected chi connectivity index (χ3v) is 8.55. The summed E-state index contributed by atoms with van der Waals surface area (Å²) in [5, 5.41) is 0. The van der Waals surface area contributed by atoms with E-state index in [1.807, 2.05) is 13.8 Å². The van der Waals surface area contributed by atoms with Gasteiger partial charge < -0.3 is 14.0 Å². The summed E-state index contributed by atoms with van der Waals surface area (Å²) in [4.78, 5) is 41.8. The topological polar surface area (TPSA) is 124 Å². The van der Waals surface area contributed by atoms with Gasteiger partial charge in [0.15, 0.2) is 4.80 Å². The highest BCUT2D eigenvalue weighted by Crippen LogP contribution is 2.21. The molecule has 0 fully saturated rings. The fraction of sp³-hybridized carbons (Fsp3) is 0.385. The van der Waals surface area contributed by atoms with Crippen molar-refractivity contribution < 1.29 is 32.3 Å². The highest BCUT2D eigenvalue weighted by molar-refractivity contribution is 7.89. The summed E-state index contributed by atoms with van der Waals surface area (Å²) in [6, 6.07) is 10.5. The molecule has 0 bridgehead atoms. The number of fused-ring (bicyclic) bond motifs is 1. The number of hydrogen-bond acceptors (Lipinski definition) is 8. The van der Waals surface area contributed by atoms with Gasteiger partial charge >= 0.3 is 11.9 Å². The molecule has 0 spiro atoms. The Hall–Kier alpha value is -3.35. The number of amides is 1. The van der Waals surface area contributed by atoms with Crippen LogP contribution in [-0.2, 0) is 30.8 Å². The molecule has 38 heavy (non-hydrogen) atoms. The predicted molar refractivity (Wildman–Crippen MR) is 143 cm³/mol. The summed E-state index contributed by atoms with van der Waals surface area (Å²) in [5.41, 5.74) is 1.12. The van der Waals surface area contributed by atoms with E-state index >= 15 is 0 Å². The molecule has 1 aromatic heterocycles. The maximum atomic E-state index is 13.0. The van der Waals surface area contributed by atoms with Crippen LogP contribution in [0.4, 0.5) is 0 Å². The highest BCUT2D eigenvalue weighted by Gasteiger charge is 2.23. The number of esters is 2. The van der Waals surface area contributed by atoms with E-state index in [1.165, 1.54) is 40.2 Å². The lowest BCUT2D eigenvalue weighted by atomic mass is 10.2. The summed E-state index contributed by atoms with van der Waals surface area (Å²) in [6.07, 6.45) is 1.38. The Balaban J connectivity index is 2.00. The summed E-state index contributed by atoms with van der Waals surface area (Å²) >= 11 is 1.13. The van der Waals surface area contributed by atoms with Crippen molar-refractivity contribution in [3.05, 3.63) is 58.4 Å². The second kappa shape index (κ2) is 12.9. The highest BCUT2D eigenvalue weighted by atomic mass is 32.2. The summed E-state index contributed by atoms with van der Waals surface area (Å²) < 4.78 is 39.5. The van der Waals surface area contributed by atoms with Crippen molar-refractivity contribution >= 4 is 49.4 Å². The van der Waals surface area contributed by atoms with Crippen LogP contribution in [-0.4, -0.2) is 61.9 Å². The number of carbonyl (C=O) groups is 3. The van der Waals surface area contributed by atoms with Crippen LogP contribution in [0.25, 0.3) is 10.2 Å². The van der Waals surface area contributed by atoms with E-state index in [1.54, 1.807) is 25.1 Å². The van der Waals surface area contributed by atoms with E-state index in [4.69, 9.17) is 9.47 Å². The minimum Gasteiger partial charge on any atom is -0.468 e. The van der Waals surface area contributed by atoms with Crippen molar-refractivity contribution in [2.75, 3.05) is 26.8 Å². The number of aromatic nitrogens is 1. The van der Waals surface area contributed by atoms with E-state index in [0.29, 0.717) is 41.7 Å². The molecule has 0 unspecified atom stereocenters. The molecule has 0 aliphatic heterocycles. The third-order valence-electron chi connectivity index (χ3n) is 5.59. The Morgan fingerprint density at radius 1 is 0.974 bits per heavy atom. The number of thiazole rings is 1. The fourth-order valence-corrected chi connectivity index (χ4v) is 6.46. The van der Waals surface area contributed by atoms with E-state index in [9.17, 15) is 22.8 Å². The molecule has 1 heterocycles. The maximum absolute atomic E-state index is 13.0. The molecule has 1 amide bonds. The minimum atomic E-state index is -3.68. The smallest absolute Gasteiger partial charge is 0.338 e. The first-order chi connectivity index (χ1) is 18.2. The second-order valence-corrected chi connectivity index (χ2v) is 11.2. The van der Waals surface area contributed by atoms with Gasteiger partial charge in [-0.2, -0.15) is 9.30 Å². The summed E-state index contributed by atoms with van der Waals surface area (Å²) in [6.45, 7) is 6.41. The Labute approximate surface area is 225 Å². The standard InChI is InChI=1S/C26H31N3O7S2/c1-5-14-28(15-6-2)38(33,34)20-11-8-18(9-12-20)24(31)27-26-29(17-23(30)35-4)21-13-10-19(16-22(21)37-26)25(32)36-7-3/h8-13,16H,5-7,14-15,17H2,1-4H3. The maximum Gasteiger partial charge on any atom is 0.338 e. The van der Waals surface area contributed by atoms with Crippen LogP contribution in [0.2, 0.25) is 0 Å². The van der Waals surface area contributed by atoms with Crippen molar-refractivity contribution in [3.8, 4) is 0 Å². The molecule has 0 saturated heterocycles. The molecule has 0 atom stereocenters. The SMILES string of the molecule is CCCN(CCC)S(=O)(=O)c1ccc(C(=O)N=c2sc3cc(C(=O)OCC)ccc3n2CC(=O)OC)cc1. The molecule has 0 N–H and O–H groups in total. The van der Waals surface area contributed by atoms with Crippen molar-refractivity contribution in [2.45, 2.75) is 45.1 Å². The van der Waals surface area contributed by atoms with Crippen LogP contribution in [0.1, 0.15) is 54.3 Å². The number of carbonyl (C=O) groups excluding carboxylic acids is 3. The summed E-state index contributed by atoms with van der Waals surface area (Å²) in [5.74, 6) is -1.63. The van der Waals surface area contributed by atoms with Gasteiger partial charge in [0.2, 0.25) is 10.0 Å². The molecule has 12 heteroatoms. The Bertz CT molecular complexity index is 1480. The van der Waals surface area contributed by atoms with Crippen molar-refractivity contribution in [1.29, 1.82) is 0 Å². The number of hydrogen-bond donors (Lipinski definition) is 0. The molecule has 0 aliphatic carbocycles. The van der Waals surface area contributed by atoms with Gasteiger partial charge in [0.05, 0.1) is 34.4 Å². The lowest BCUT2D eigenvalue weighted by Crippen LogP contribution is -2.32. The average Bonchev–Trinajstić information content (AvgIpc) is 3.24.